The molecule has 9 heteroatoms. The second-order valence-corrected chi connectivity index (χ2v) is 12.1. The van der Waals surface area contributed by atoms with E-state index in [1.165, 1.54) is 6.08 Å². The maximum atomic E-state index is 15.5. The van der Waals surface area contributed by atoms with Crippen LogP contribution in [0.25, 0.3) is 27.7 Å². The molecule has 1 saturated carbocycles. The zero-order chi connectivity index (χ0) is 30.2. The van der Waals surface area contributed by atoms with Gasteiger partial charge in [0.15, 0.2) is 17.4 Å². The van der Waals surface area contributed by atoms with Gasteiger partial charge in [-0.25, -0.2) is 13.6 Å². The molecule has 0 unspecified atom stereocenters. The molecule has 1 saturated heterocycles. The Kier molecular flexibility index (Phi) is 6.20. The second kappa shape index (κ2) is 9.76. The predicted octanol–water partition coefficient (Wildman–Crippen LogP) is 5.81. The topological polar surface area (TPSA) is 67.7 Å². The largest absolute Gasteiger partial charge is 0.486 e. The zero-order valence-electron chi connectivity index (χ0n) is 24.4. The first-order valence-electron chi connectivity index (χ1n) is 14.6. The fourth-order valence-corrected chi connectivity index (χ4v) is 6.73. The van der Waals surface area contributed by atoms with E-state index in [4.69, 9.17) is 4.74 Å². The number of benzene rings is 3. The van der Waals surface area contributed by atoms with Gasteiger partial charge in [0.05, 0.1) is 5.69 Å². The van der Waals surface area contributed by atoms with Gasteiger partial charge in [-0.05, 0) is 67.5 Å². The van der Waals surface area contributed by atoms with Crippen molar-refractivity contribution in [3.8, 4) is 22.6 Å². The first-order chi connectivity index (χ1) is 20.6. The van der Waals surface area contributed by atoms with Gasteiger partial charge in [0.2, 0.25) is 5.91 Å². The average molecular weight is 583 g/mol. The van der Waals surface area contributed by atoms with E-state index in [0.29, 0.717) is 64.5 Å². The first-order valence-corrected chi connectivity index (χ1v) is 14.6. The molecule has 1 aliphatic carbocycles. The number of rotatable bonds is 4. The molecular formula is C34H32F2N4O3. The average Bonchev–Trinajstić information content (AvgIpc) is 3.76. The number of hydrogen-bond donors (Lipinski definition) is 0. The fraction of sp³-hybridized carbons (Fsp3) is 0.324. The summed E-state index contributed by atoms with van der Waals surface area (Å²) in [6.45, 7) is 11.0. The van der Waals surface area contributed by atoms with Gasteiger partial charge in [-0.2, -0.15) is 4.98 Å². The van der Waals surface area contributed by atoms with Gasteiger partial charge in [-0.15, -0.1) is 0 Å². The van der Waals surface area contributed by atoms with Crippen LogP contribution in [-0.2, 0) is 16.8 Å². The molecule has 2 fully saturated rings. The third-order valence-corrected chi connectivity index (χ3v) is 9.29. The Morgan fingerprint density at radius 1 is 1.14 bits per heavy atom. The maximum Gasteiger partial charge on any atom is 0.354 e. The van der Waals surface area contributed by atoms with Crippen LogP contribution in [0, 0.1) is 18.6 Å². The number of nitrogens with zero attached hydrogens (tertiary/aromatic N) is 4. The van der Waals surface area contributed by atoms with Crippen LogP contribution in [0.1, 0.15) is 43.4 Å². The van der Waals surface area contributed by atoms with Crippen molar-refractivity contribution in [1.29, 1.82) is 0 Å². The van der Waals surface area contributed by atoms with Gasteiger partial charge in [0.25, 0.3) is 0 Å². The van der Waals surface area contributed by atoms with Crippen molar-refractivity contribution in [1.82, 2.24) is 14.5 Å². The van der Waals surface area contributed by atoms with Gasteiger partial charge in [0.1, 0.15) is 17.9 Å². The third kappa shape index (κ3) is 4.16. The van der Waals surface area contributed by atoms with E-state index in [1.54, 1.807) is 15.5 Å². The number of fused-ring (bicyclic) bond motifs is 5. The molecular weight excluding hydrogens is 550 g/mol. The lowest BCUT2D eigenvalue weighted by molar-refractivity contribution is -0.126. The fourth-order valence-electron chi connectivity index (χ4n) is 6.73. The van der Waals surface area contributed by atoms with Crippen molar-refractivity contribution in [2.75, 3.05) is 24.5 Å². The van der Waals surface area contributed by atoms with Crippen LogP contribution in [-0.4, -0.2) is 46.0 Å². The summed E-state index contributed by atoms with van der Waals surface area (Å²) in [5.74, 6) is -1.21. The number of para-hydroxylation sites is 1. The highest BCUT2D eigenvalue weighted by Gasteiger charge is 2.41. The van der Waals surface area contributed by atoms with E-state index in [-0.39, 0.29) is 29.5 Å². The van der Waals surface area contributed by atoms with E-state index in [1.807, 2.05) is 49.1 Å². The second-order valence-electron chi connectivity index (χ2n) is 12.1. The zero-order valence-corrected chi connectivity index (χ0v) is 24.4. The lowest BCUT2D eigenvalue weighted by atomic mass is 9.90. The van der Waals surface area contributed by atoms with Crippen molar-refractivity contribution >= 4 is 22.6 Å². The number of anilines is 1. The summed E-state index contributed by atoms with van der Waals surface area (Å²) in [6.07, 6.45) is 3.31. The number of piperazine rings is 1. The Bertz CT molecular complexity index is 1910. The van der Waals surface area contributed by atoms with Gasteiger partial charge < -0.3 is 14.5 Å². The standard InChI is InChI=1S/C34H32F2N4O3/c1-5-26(41)38-14-15-39(20(3)17-38)32-22-16-19(2)27-28-21(10-11-24(35)29(28)36)18-43-31(27)30(22)40(33(42)37-32)25-9-7-6-8-23(25)34(4)12-13-34/h5-11,16,20H,1,12-15,17-18H2,2-4H3/t20-/m0/s1. The quantitative estimate of drug-likeness (QED) is 0.285. The molecule has 0 radical (unpaired) electrons. The minimum absolute atomic E-state index is 0.0298. The Morgan fingerprint density at radius 3 is 2.63 bits per heavy atom. The Morgan fingerprint density at radius 2 is 1.91 bits per heavy atom. The summed E-state index contributed by atoms with van der Waals surface area (Å²) in [4.78, 5) is 35.0. The van der Waals surface area contributed by atoms with Crippen LogP contribution in [0.3, 0.4) is 0 Å². The van der Waals surface area contributed by atoms with Gasteiger partial charge in [-0.3, -0.25) is 9.36 Å². The number of aromatic nitrogens is 2. The molecule has 7 nitrogen and oxygen atoms in total. The number of hydrogen-bond acceptors (Lipinski definition) is 5. The van der Waals surface area contributed by atoms with Crippen molar-refractivity contribution in [3.63, 3.8) is 0 Å². The first kappa shape index (κ1) is 27.3. The molecule has 0 N–H and O–H groups in total. The molecule has 3 heterocycles. The molecule has 4 aromatic rings. The van der Waals surface area contributed by atoms with Crippen LogP contribution in [0.15, 0.2) is 59.9 Å². The van der Waals surface area contributed by atoms with Crippen molar-refractivity contribution in [2.45, 2.75) is 51.7 Å². The van der Waals surface area contributed by atoms with Crippen molar-refractivity contribution in [2.24, 2.45) is 0 Å². The highest BCUT2D eigenvalue weighted by atomic mass is 19.2. The molecule has 1 atom stereocenters. The lowest BCUT2D eigenvalue weighted by Crippen LogP contribution is -2.54. The number of carbonyl (C=O) groups excluding carboxylic acids is 1. The van der Waals surface area contributed by atoms with Crippen LogP contribution < -0.4 is 15.3 Å². The van der Waals surface area contributed by atoms with E-state index < -0.39 is 17.3 Å². The number of halogens is 2. The summed E-state index contributed by atoms with van der Waals surface area (Å²) >= 11 is 0. The van der Waals surface area contributed by atoms with Crippen molar-refractivity contribution < 1.29 is 18.3 Å². The Labute approximate surface area is 248 Å². The van der Waals surface area contributed by atoms with Gasteiger partial charge in [0, 0.05) is 47.8 Å². The molecule has 0 bridgehead atoms. The Hall–Kier alpha value is -4.53. The molecule has 0 spiro atoms. The van der Waals surface area contributed by atoms with Crippen LogP contribution in [0.2, 0.25) is 0 Å². The van der Waals surface area contributed by atoms with Crippen LogP contribution in [0.4, 0.5) is 14.6 Å². The SMILES string of the molecule is C=CC(=O)N1CCN(c2nc(=O)n(-c3ccccc3C3(C)CC3)c3c4c(c(C)cc23)-c2c(ccc(F)c2F)CO4)[C@@H](C)C1. The number of carbonyl (C=O) groups is 1. The maximum absolute atomic E-state index is 15.5. The van der Waals surface area contributed by atoms with Gasteiger partial charge >= 0.3 is 5.69 Å². The monoisotopic (exact) mass is 582 g/mol. The highest BCUT2D eigenvalue weighted by Crippen LogP contribution is 2.51. The molecule has 3 aromatic carbocycles. The minimum Gasteiger partial charge on any atom is -0.486 e. The van der Waals surface area contributed by atoms with E-state index >= 15 is 4.39 Å². The predicted molar refractivity (Wildman–Crippen MR) is 162 cm³/mol. The third-order valence-electron chi connectivity index (χ3n) is 9.29. The molecule has 7 rings (SSSR count). The molecule has 220 valence electrons. The van der Waals surface area contributed by atoms with Crippen LogP contribution >= 0.6 is 0 Å². The number of ether oxygens (including phenoxy) is 1. The summed E-state index contributed by atoms with van der Waals surface area (Å²) in [5, 5.41) is 0.669. The Balaban J connectivity index is 1.54. The van der Waals surface area contributed by atoms with E-state index in [9.17, 15) is 14.0 Å². The van der Waals surface area contributed by atoms with Crippen molar-refractivity contribution in [3.05, 3.63) is 93.9 Å². The summed E-state index contributed by atoms with van der Waals surface area (Å²) in [7, 11) is 0. The molecule has 3 aliphatic rings. The summed E-state index contributed by atoms with van der Waals surface area (Å²) in [6, 6.07) is 12.2. The van der Waals surface area contributed by atoms with Gasteiger partial charge in [-0.1, -0.05) is 37.8 Å². The van der Waals surface area contributed by atoms with E-state index in [0.717, 1.165) is 24.5 Å². The number of amides is 1. The normalized spacial score (nSPS) is 18.6. The smallest absolute Gasteiger partial charge is 0.354 e. The lowest BCUT2D eigenvalue weighted by Gasteiger charge is -2.40. The molecule has 43 heavy (non-hydrogen) atoms. The highest BCUT2D eigenvalue weighted by molar-refractivity contribution is 6.02. The molecule has 1 aromatic heterocycles. The summed E-state index contributed by atoms with van der Waals surface area (Å²) < 4.78 is 38.0. The minimum atomic E-state index is -0.938. The molecule has 2 aliphatic heterocycles. The van der Waals surface area contributed by atoms with Crippen LogP contribution in [0.5, 0.6) is 5.75 Å². The summed E-state index contributed by atoms with van der Waals surface area (Å²) in [5.41, 5.74) is 3.44. The number of aryl methyl sites for hydroxylation is 1. The molecule has 1 amide bonds. The van der Waals surface area contributed by atoms with E-state index in [2.05, 4.69) is 18.5 Å².